The first-order chi connectivity index (χ1) is 30.3. The average Bonchev–Trinajstić information content (AvgIpc) is 4.04. The average molecular weight is 781 g/mol. The Hall–Kier alpha value is -7.42. The lowest BCUT2D eigenvalue weighted by atomic mass is 9.76. The molecule has 0 aliphatic heterocycles. The van der Waals surface area contributed by atoms with Gasteiger partial charge in [0.1, 0.15) is 0 Å². The SMILES string of the molecule is c1ccc(-c2ccccc2-c2ccccc2-c2ccccc2N(c2ccc3c(c2)C2(CCCC2)c2ccccc2-3)c2ccccc2-n2c3ccccc3c3ccccc32)cc1. The first-order valence-corrected chi connectivity index (χ1v) is 21.7. The van der Waals surface area contributed by atoms with Crippen LogP contribution in [0.3, 0.4) is 0 Å². The molecule has 1 saturated carbocycles. The highest BCUT2D eigenvalue weighted by molar-refractivity contribution is 6.10. The van der Waals surface area contributed by atoms with E-state index >= 15 is 0 Å². The predicted molar refractivity (Wildman–Crippen MR) is 256 cm³/mol. The smallest absolute Gasteiger partial charge is 0.0702 e. The highest BCUT2D eigenvalue weighted by atomic mass is 15.2. The predicted octanol–water partition coefficient (Wildman–Crippen LogP) is 16.1. The zero-order valence-corrected chi connectivity index (χ0v) is 34.0. The van der Waals surface area contributed by atoms with E-state index in [1.807, 2.05) is 0 Å². The van der Waals surface area contributed by atoms with Crippen LogP contribution in [0.1, 0.15) is 36.8 Å². The standard InChI is InChI=1S/C59H44N2/c1-2-20-41(21-3-1)43-22-4-5-23-44(43)45-24-6-7-25-46(45)49-27-9-13-31-54(49)60(42-36-37-48-47-26-8-12-30-52(47)59(53(48)40-42)38-18-19-39-59)57-34-16-17-35-58(57)61-55-32-14-10-28-50(55)51-29-11-15-33-56(51)61/h1-17,20-37,40H,18-19,38-39H2. The van der Waals surface area contributed by atoms with Crippen molar-refractivity contribution in [1.82, 2.24) is 4.57 Å². The fraction of sp³-hybridized carbons (Fsp3) is 0.0847. The Bertz CT molecular complexity index is 3220. The van der Waals surface area contributed by atoms with Gasteiger partial charge >= 0.3 is 0 Å². The summed E-state index contributed by atoms with van der Waals surface area (Å²) in [7, 11) is 0. The monoisotopic (exact) mass is 780 g/mol. The van der Waals surface area contributed by atoms with Gasteiger partial charge in [0.05, 0.1) is 28.1 Å². The maximum absolute atomic E-state index is 2.56. The third-order valence-electron chi connectivity index (χ3n) is 13.6. The van der Waals surface area contributed by atoms with E-state index in [9.17, 15) is 0 Å². The van der Waals surface area contributed by atoms with Crippen LogP contribution in [0.5, 0.6) is 0 Å². The zero-order chi connectivity index (χ0) is 40.3. The molecule has 2 heteroatoms. The Kier molecular flexibility index (Phi) is 8.38. The molecular weight excluding hydrogens is 737 g/mol. The van der Waals surface area contributed by atoms with Crippen molar-refractivity contribution >= 4 is 38.9 Å². The Morgan fingerprint density at radius 3 is 1.56 bits per heavy atom. The summed E-state index contributed by atoms with van der Waals surface area (Å²) in [6.45, 7) is 0. The molecule has 12 rings (SSSR count). The minimum atomic E-state index is 0.0349. The number of rotatable bonds is 7. The molecule has 0 radical (unpaired) electrons. The summed E-state index contributed by atoms with van der Waals surface area (Å²) in [5.74, 6) is 0. The van der Waals surface area contributed by atoms with Gasteiger partial charge in [-0.3, -0.25) is 0 Å². The van der Waals surface area contributed by atoms with Crippen molar-refractivity contribution in [2.75, 3.05) is 4.90 Å². The lowest BCUT2D eigenvalue weighted by Crippen LogP contribution is -2.21. The van der Waals surface area contributed by atoms with Crippen molar-refractivity contribution in [2.24, 2.45) is 0 Å². The molecule has 61 heavy (non-hydrogen) atoms. The molecule has 1 aromatic heterocycles. The van der Waals surface area contributed by atoms with Crippen LogP contribution in [0.25, 0.3) is 72.0 Å². The van der Waals surface area contributed by atoms with Crippen LogP contribution in [-0.2, 0) is 5.41 Å². The summed E-state index contributed by atoms with van der Waals surface area (Å²) in [6.07, 6.45) is 4.87. The number of hydrogen-bond donors (Lipinski definition) is 0. The lowest BCUT2D eigenvalue weighted by molar-refractivity contribution is 0.550. The number of fused-ring (bicyclic) bond motifs is 8. The molecule has 1 fully saturated rings. The van der Waals surface area contributed by atoms with E-state index in [4.69, 9.17) is 0 Å². The van der Waals surface area contributed by atoms with Gasteiger partial charge in [0.25, 0.3) is 0 Å². The van der Waals surface area contributed by atoms with Gasteiger partial charge in [0.2, 0.25) is 0 Å². The van der Waals surface area contributed by atoms with Gasteiger partial charge in [-0.15, -0.1) is 0 Å². The summed E-state index contributed by atoms with van der Waals surface area (Å²) in [5.41, 5.74) is 20.0. The largest absolute Gasteiger partial charge is 0.308 e. The number of hydrogen-bond acceptors (Lipinski definition) is 1. The molecule has 1 heterocycles. The first kappa shape index (κ1) is 35.5. The van der Waals surface area contributed by atoms with Crippen LogP contribution in [-0.4, -0.2) is 4.57 Å². The van der Waals surface area contributed by atoms with Crippen molar-refractivity contribution < 1.29 is 0 Å². The van der Waals surface area contributed by atoms with E-state index in [0.29, 0.717) is 0 Å². The van der Waals surface area contributed by atoms with Crippen molar-refractivity contribution in [3.8, 4) is 50.2 Å². The van der Waals surface area contributed by atoms with Gasteiger partial charge < -0.3 is 9.47 Å². The van der Waals surface area contributed by atoms with Crippen molar-refractivity contribution in [3.63, 3.8) is 0 Å². The van der Waals surface area contributed by atoms with Crippen LogP contribution in [0.4, 0.5) is 17.1 Å². The quantitative estimate of drug-likeness (QED) is 0.156. The molecule has 2 nitrogen and oxygen atoms in total. The molecule has 0 atom stereocenters. The topological polar surface area (TPSA) is 8.17 Å². The second kappa shape index (κ2) is 14.4. The van der Waals surface area contributed by atoms with Gasteiger partial charge in [-0.05, 0) is 105 Å². The molecule has 2 aliphatic rings. The Labute approximate surface area is 357 Å². The van der Waals surface area contributed by atoms with Crippen LogP contribution in [0.15, 0.2) is 218 Å². The molecule has 0 unspecified atom stereocenters. The van der Waals surface area contributed by atoms with Crippen LogP contribution >= 0.6 is 0 Å². The van der Waals surface area contributed by atoms with Crippen molar-refractivity contribution in [3.05, 3.63) is 230 Å². The molecule has 0 saturated heterocycles. The van der Waals surface area contributed by atoms with Crippen LogP contribution in [0.2, 0.25) is 0 Å². The van der Waals surface area contributed by atoms with E-state index in [1.54, 1.807) is 0 Å². The van der Waals surface area contributed by atoms with E-state index in [1.165, 1.54) is 109 Å². The minimum absolute atomic E-state index is 0.0349. The molecule has 9 aromatic carbocycles. The molecule has 2 aliphatic carbocycles. The molecule has 290 valence electrons. The molecule has 0 amide bonds. The highest BCUT2D eigenvalue weighted by Crippen LogP contribution is 2.58. The summed E-state index contributed by atoms with van der Waals surface area (Å²) in [5, 5.41) is 2.51. The number of para-hydroxylation sites is 5. The Morgan fingerprint density at radius 2 is 0.852 bits per heavy atom. The number of nitrogens with zero attached hydrogens (tertiary/aromatic N) is 2. The first-order valence-electron chi connectivity index (χ1n) is 21.7. The van der Waals surface area contributed by atoms with Crippen LogP contribution < -0.4 is 4.90 Å². The summed E-state index contributed by atoms with van der Waals surface area (Å²) in [6, 6.07) is 80.9. The van der Waals surface area contributed by atoms with Gasteiger partial charge in [-0.2, -0.15) is 0 Å². The summed E-state index contributed by atoms with van der Waals surface area (Å²) in [4.78, 5) is 2.56. The third-order valence-corrected chi connectivity index (χ3v) is 13.6. The molecule has 1 spiro atoms. The van der Waals surface area contributed by atoms with Gasteiger partial charge in [0, 0.05) is 27.4 Å². The molecular formula is C59H44N2. The fourth-order valence-electron chi connectivity index (χ4n) is 11.0. The maximum atomic E-state index is 2.56. The number of aromatic nitrogens is 1. The molecule has 10 aromatic rings. The van der Waals surface area contributed by atoms with Crippen LogP contribution in [0, 0.1) is 0 Å². The van der Waals surface area contributed by atoms with Gasteiger partial charge in [-0.25, -0.2) is 0 Å². The van der Waals surface area contributed by atoms with E-state index in [-0.39, 0.29) is 5.41 Å². The Morgan fingerprint density at radius 1 is 0.361 bits per heavy atom. The summed E-state index contributed by atoms with van der Waals surface area (Å²) >= 11 is 0. The lowest BCUT2D eigenvalue weighted by Gasteiger charge is -2.32. The minimum Gasteiger partial charge on any atom is -0.308 e. The molecule has 0 bridgehead atoms. The maximum Gasteiger partial charge on any atom is 0.0702 e. The zero-order valence-electron chi connectivity index (χ0n) is 34.0. The highest BCUT2D eigenvalue weighted by Gasteiger charge is 2.45. The molecule has 0 N–H and O–H groups in total. The van der Waals surface area contributed by atoms with E-state index in [0.717, 1.165) is 17.1 Å². The van der Waals surface area contributed by atoms with Crippen molar-refractivity contribution in [2.45, 2.75) is 31.1 Å². The van der Waals surface area contributed by atoms with Gasteiger partial charge in [-0.1, -0.05) is 189 Å². The fourth-order valence-corrected chi connectivity index (χ4v) is 11.0. The normalized spacial score (nSPS) is 13.8. The van der Waals surface area contributed by atoms with Gasteiger partial charge in [0.15, 0.2) is 0 Å². The summed E-state index contributed by atoms with van der Waals surface area (Å²) < 4.78 is 2.47. The Balaban J connectivity index is 1.13. The second-order valence-electron chi connectivity index (χ2n) is 16.7. The van der Waals surface area contributed by atoms with E-state index < -0.39 is 0 Å². The number of anilines is 3. The third kappa shape index (κ3) is 5.56. The van der Waals surface area contributed by atoms with Crippen molar-refractivity contribution in [1.29, 1.82) is 0 Å². The second-order valence-corrected chi connectivity index (χ2v) is 16.7. The van der Waals surface area contributed by atoms with E-state index in [2.05, 4.69) is 228 Å². The number of benzene rings is 9.